The van der Waals surface area contributed by atoms with Crippen LogP contribution in [0, 0.1) is 0 Å². The maximum atomic E-state index is 4.95. The first-order valence-corrected chi connectivity index (χ1v) is 5.67. The molecule has 2 N–H and O–H groups in total. The predicted octanol–water partition coefficient (Wildman–Crippen LogP) is 1.77. The molecule has 0 saturated carbocycles. The van der Waals surface area contributed by atoms with Crippen LogP contribution in [0.4, 0.5) is 0 Å². The van der Waals surface area contributed by atoms with Crippen LogP contribution in [0.5, 0.6) is 0 Å². The highest BCUT2D eigenvalue weighted by Crippen LogP contribution is 2.27. The van der Waals surface area contributed by atoms with E-state index in [-0.39, 0.29) is 0 Å². The monoisotopic (exact) mass is 181 g/mol. The Kier molecular flexibility index (Phi) is 9.48. The second kappa shape index (κ2) is 8.75. The molecule has 1 heterocycles. The smallest absolute Gasteiger partial charge is 0.0229 e. The first-order chi connectivity index (χ1) is 4.41. The maximum Gasteiger partial charge on any atom is 0.0229 e. The highest BCUT2D eigenvalue weighted by Gasteiger charge is 1.85. The molecule has 0 amide bonds. The van der Waals surface area contributed by atoms with Crippen LogP contribution < -0.4 is 5.73 Å². The predicted molar refractivity (Wildman–Crippen MR) is 52.1 cm³/mol. The van der Waals surface area contributed by atoms with E-state index in [2.05, 4.69) is 24.1 Å². The summed E-state index contributed by atoms with van der Waals surface area (Å²) in [5.41, 5.74) is 4.95. The van der Waals surface area contributed by atoms with Gasteiger partial charge in [0.2, 0.25) is 0 Å². The SMILES string of the molecule is C1=CSSC1.NCCS. The van der Waals surface area contributed by atoms with Crippen molar-refractivity contribution < 1.29 is 0 Å². The van der Waals surface area contributed by atoms with E-state index in [0.717, 1.165) is 5.75 Å². The minimum absolute atomic E-state index is 0.684. The van der Waals surface area contributed by atoms with Crippen LogP contribution in [0.3, 0.4) is 0 Å². The fourth-order valence-corrected chi connectivity index (χ4v) is 1.77. The first-order valence-electron chi connectivity index (χ1n) is 2.66. The topological polar surface area (TPSA) is 26.0 Å². The largest absolute Gasteiger partial charge is 0.330 e. The molecule has 0 aromatic carbocycles. The lowest BCUT2D eigenvalue weighted by Gasteiger charge is -1.69. The Labute approximate surface area is 69.7 Å². The van der Waals surface area contributed by atoms with E-state index in [1.165, 1.54) is 5.75 Å². The lowest BCUT2D eigenvalue weighted by Crippen LogP contribution is -1.97. The van der Waals surface area contributed by atoms with Crippen LogP contribution in [-0.4, -0.2) is 18.1 Å². The Hall–Kier alpha value is 0.750. The molecule has 1 rings (SSSR count). The molecule has 9 heavy (non-hydrogen) atoms. The molecule has 1 aliphatic heterocycles. The van der Waals surface area contributed by atoms with Gasteiger partial charge in [0.25, 0.3) is 0 Å². The molecular formula is C5H11NS3. The van der Waals surface area contributed by atoms with Crippen LogP contribution in [0.25, 0.3) is 0 Å². The van der Waals surface area contributed by atoms with Gasteiger partial charge in [-0.3, -0.25) is 0 Å². The van der Waals surface area contributed by atoms with Crippen LogP contribution in [0.15, 0.2) is 11.5 Å². The molecule has 1 aliphatic rings. The summed E-state index contributed by atoms with van der Waals surface area (Å²) in [4.78, 5) is 0. The summed E-state index contributed by atoms with van der Waals surface area (Å²) in [6.07, 6.45) is 2.16. The van der Waals surface area contributed by atoms with Gasteiger partial charge in [-0.05, 0) is 5.41 Å². The van der Waals surface area contributed by atoms with Gasteiger partial charge in [0.05, 0.1) is 0 Å². The van der Waals surface area contributed by atoms with E-state index < -0.39 is 0 Å². The summed E-state index contributed by atoms with van der Waals surface area (Å²) >= 11 is 3.80. The van der Waals surface area contributed by atoms with Gasteiger partial charge in [0.1, 0.15) is 0 Å². The molecule has 0 spiro atoms. The van der Waals surface area contributed by atoms with Crippen molar-refractivity contribution >= 4 is 34.2 Å². The number of rotatable bonds is 1. The van der Waals surface area contributed by atoms with Crippen LogP contribution in [0.2, 0.25) is 0 Å². The molecule has 1 nitrogen and oxygen atoms in total. The van der Waals surface area contributed by atoms with Gasteiger partial charge in [-0.15, -0.1) is 0 Å². The normalized spacial score (nSPS) is 14.9. The lowest BCUT2D eigenvalue weighted by molar-refractivity contribution is 1.16. The molecule has 0 fully saturated rings. The summed E-state index contributed by atoms with van der Waals surface area (Å²) < 4.78 is 0. The summed E-state index contributed by atoms with van der Waals surface area (Å²) in [6.45, 7) is 0.684. The number of hydrogen-bond acceptors (Lipinski definition) is 4. The molecule has 0 aromatic rings. The number of nitrogens with two attached hydrogens (primary N) is 1. The van der Waals surface area contributed by atoms with Crippen molar-refractivity contribution in [1.29, 1.82) is 0 Å². The Morgan fingerprint density at radius 2 is 2.33 bits per heavy atom. The molecule has 0 atom stereocenters. The first kappa shape index (κ1) is 9.75. The Morgan fingerprint density at radius 3 is 2.44 bits per heavy atom. The van der Waals surface area contributed by atoms with Gasteiger partial charge < -0.3 is 5.73 Å². The van der Waals surface area contributed by atoms with Gasteiger partial charge in [0, 0.05) is 18.1 Å². The Bertz CT molecular complexity index is 66.6. The lowest BCUT2D eigenvalue weighted by atomic mass is 10.8. The second-order valence-electron chi connectivity index (χ2n) is 1.26. The van der Waals surface area contributed by atoms with E-state index in [4.69, 9.17) is 5.73 Å². The molecule has 0 aliphatic carbocycles. The molecule has 0 aromatic heterocycles. The molecule has 0 bridgehead atoms. The van der Waals surface area contributed by atoms with Crippen molar-refractivity contribution in [2.24, 2.45) is 5.73 Å². The highest BCUT2D eigenvalue weighted by atomic mass is 33.1. The third kappa shape index (κ3) is 8.75. The third-order valence-electron chi connectivity index (χ3n) is 0.513. The van der Waals surface area contributed by atoms with E-state index in [1.807, 2.05) is 21.6 Å². The van der Waals surface area contributed by atoms with Crippen molar-refractivity contribution in [2.75, 3.05) is 18.1 Å². The van der Waals surface area contributed by atoms with E-state index in [9.17, 15) is 0 Å². The van der Waals surface area contributed by atoms with Gasteiger partial charge >= 0.3 is 0 Å². The Balaban J connectivity index is 0.000000148. The zero-order chi connectivity index (χ0) is 6.95. The minimum atomic E-state index is 0.684. The number of thiol groups is 1. The average Bonchev–Trinajstić information content (AvgIpc) is 2.43. The molecule has 54 valence electrons. The Morgan fingerprint density at radius 1 is 1.67 bits per heavy atom. The summed E-state index contributed by atoms with van der Waals surface area (Å²) in [6, 6.07) is 0. The van der Waals surface area contributed by atoms with Crippen LogP contribution in [0.1, 0.15) is 0 Å². The number of hydrogen-bond donors (Lipinski definition) is 2. The van der Waals surface area contributed by atoms with Gasteiger partial charge in [-0.25, -0.2) is 0 Å². The maximum absolute atomic E-state index is 4.95. The van der Waals surface area contributed by atoms with Gasteiger partial charge in [-0.2, -0.15) is 12.6 Å². The van der Waals surface area contributed by atoms with Gasteiger partial charge in [-0.1, -0.05) is 27.7 Å². The molecule has 0 unspecified atom stereocenters. The van der Waals surface area contributed by atoms with E-state index in [0.29, 0.717) is 6.54 Å². The minimum Gasteiger partial charge on any atom is -0.330 e. The summed E-state index contributed by atoms with van der Waals surface area (Å²) in [5, 5.41) is 2.12. The van der Waals surface area contributed by atoms with Crippen LogP contribution in [-0.2, 0) is 0 Å². The average molecular weight is 181 g/mol. The molecular weight excluding hydrogens is 170 g/mol. The summed E-state index contributed by atoms with van der Waals surface area (Å²) in [5.74, 6) is 1.99. The second-order valence-corrected chi connectivity index (χ2v) is 4.03. The van der Waals surface area contributed by atoms with Crippen LogP contribution >= 0.6 is 34.2 Å². The van der Waals surface area contributed by atoms with Crippen molar-refractivity contribution in [3.05, 3.63) is 11.5 Å². The van der Waals surface area contributed by atoms with E-state index in [1.54, 1.807) is 0 Å². The molecule has 0 radical (unpaired) electrons. The fraction of sp³-hybridized carbons (Fsp3) is 0.600. The molecule has 0 saturated heterocycles. The zero-order valence-electron chi connectivity index (χ0n) is 5.12. The van der Waals surface area contributed by atoms with Crippen molar-refractivity contribution in [3.63, 3.8) is 0 Å². The zero-order valence-corrected chi connectivity index (χ0v) is 7.64. The van der Waals surface area contributed by atoms with Gasteiger partial charge in [0.15, 0.2) is 0 Å². The quantitative estimate of drug-likeness (QED) is 0.477. The van der Waals surface area contributed by atoms with Crippen molar-refractivity contribution in [3.8, 4) is 0 Å². The highest BCUT2D eigenvalue weighted by molar-refractivity contribution is 8.78. The van der Waals surface area contributed by atoms with Crippen molar-refractivity contribution in [2.45, 2.75) is 0 Å². The standard InChI is InChI=1S/C3H4S2.C2H7NS/c1-2-4-5-3-1;3-1-2-4/h1-2H,3H2;4H,1-3H2. The van der Waals surface area contributed by atoms with Crippen molar-refractivity contribution in [1.82, 2.24) is 0 Å². The summed E-state index contributed by atoms with van der Waals surface area (Å²) in [7, 11) is 3.69. The third-order valence-corrected chi connectivity index (χ3v) is 2.69. The van der Waals surface area contributed by atoms with E-state index >= 15 is 0 Å². The fourth-order valence-electron chi connectivity index (χ4n) is 0.196. The molecule has 4 heteroatoms.